The number of hydrogen-bond acceptors (Lipinski definition) is 8. The van der Waals surface area contributed by atoms with E-state index in [0.29, 0.717) is 42.7 Å². The monoisotopic (exact) mass is 495 g/mol. The van der Waals surface area contributed by atoms with E-state index < -0.39 is 26.6 Å². The Labute approximate surface area is 199 Å². The van der Waals surface area contributed by atoms with Crippen molar-refractivity contribution >= 4 is 26.6 Å². The van der Waals surface area contributed by atoms with Crippen molar-refractivity contribution in [2.45, 2.75) is 4.90 Å². The zero-order valence-electron chi connectivity index (χ0n) is 18.6. The van der Waals surface area contributed by atoms with Crippen molar-refractivity contribution in [3.05, 3.63) is 66.6 Å². The second kappa shape index (κ2) is 8.68. The third kappa shape index (κ3) is 3.98. The Hall–Kier alpha value is -3.95. The maximum atomic E-state index is 15.0. The molecule has 0 atom stereocenters. The molecule has 0 N–H and O–H groups in total. The minimum atomic E-state index is -4.34. The Balaban J connectivity index is 1.55. The van der Waals surface area contributed by atoms with Gasteiger partial charge in [0.1, 0.15) is 11.8 Å². The summed E-state index contributed by atoms with van der Waals surface area (Å²) in [6.07, 6.45) is 7.06. The van der Waals surface area contributed by atoms with E-state index in [1.54, 1.807) is 11.0 Å². The Morgan fingerprint density at radius 3 is 2.29 bits per heavy atom. The van der Waals surface area contributed by atoms with Crippen LogP contribution in [0.2, 0.25) is 0 Å². The fourth-order valence-electron chi connectivity index (χ4n) is 4.13. The normalized spacial score (nSPS) is 14.9. The van der Waals surface area contributed by atoms with Crippen LogP contribution in [0.1, 0.15) is 5.82 Å². The largest absolute Gasteiger partial charge is 0.364 e. The van der Waals surface area contributed by atoms with Crippen LogP contribution in [0.15, 0.2) is 54.1 Å². The third-order valence-electron chi connectivity index (χ3n) is 6.01. The molecule has 0 aliphatic carbocycles. The first kappa shape index (κ1) is 22.8. The van der Waals surface area contributed by atoms with Crippen LogP contribution in [0.3, 0.4) is 0 Å². The SMILES string of the molecule is CN1CCN(c2c(F)cc(S(=O)(=O)n3ccc4c(-c5cnc(C#N)nc5)cncc43)cc2F)CC1. The number of rotatable bonds is 4. The Morgan fingerprint density at radius 2 is 1.66 bits per heavy atom. The lowest BCUT2D eigenvalue weighted by Gasteiger charge is -2.34. The molecule has 1 aromatic carbocycles. The molecule has 5 rings (SSSR count). The number of piperazine rings is 1. The molecule has 0 radical (unpaired) electrons. The summed E-state index contributed by atoms with van der Waals surface area (Å²) in [5, 5.41) is 9.42. The molecule has 35 heavy (non-hydrogen) atoms. The van der Waals surface area contributed by atoms with Crippen LogP contribution in [0, 0.1) is 23.0 Å². The number of fused-ring (bicyclic) bond motifs is 1. The van der Waals surface area contributed by atoms with Crippen LogP contribution in [0.25, 0.3) is 22.0 Å². The van der Waals surface area contributed by atoms with Crippen molar-refractivity contribution in [1.29, 1.82) is 5.26 Å². The summed E-state index contributed by atoms with van der Waals surface area (Å²) in [5.41, 5.74) is 1.07. The van der Waals surface area contributed by atoms with Crippen molar-refractivity contribution in [3.8, 4) is 17.2 Å². The van der Waals surface area contributed by atoms with E-state index in [1.165, 1.54) is 31.0 Å². The van der Waals surface area contributed by atoms with Crippen molar-refractivity contribution in [2.75, 3.05) is 38.1 Å². The number of likely N-dealkylation sites (N-methyl/N-ethyl adjacent to an activating group) is 1. The van der Waals surface area contributed by atoms with Crippen molar-refractivity contribution in [3.63, 3.8) is 0 Å². The number of aromatic nitrogens is 4. The van der Waals surface area contributed by atoms with E-state index in [4.69, 9.17) is 5.26 Å². The number of hydrogen-bond donors (Lipinski definition) is 0. The highest BCUT2D eigenvalue weighted by Gasteiger charge is 2.27. The van der Waals surface area contributed by atoms with Crippen LogP contribution in [-0.2, 0) is 10.0 Å². The molecule has 0 saturated carbocycles. The average molecular weight is 496 g/mol. The fourth-order valence-corrected chi connectivity index (χ4v) is 5.49. The molecule has 1 fully saturated rings. The first-order chi connectivity index (χ1) is 16.8. The van der Waals surface area contributed by atoms with Gasteiger partial charge in [-0.25, -0.2) is 31.1 Å². The average Bonchev–Trinajstić information content (AvgIpc) is 3.30. The van der Waals surface area contributed by atoms with Crippen LogP contribution < -0.4 is 4.90 Å². The van der Waals surface area contributed by atoms with Gasteiger partial charge in [-0.05, 0) is 25.2 Å². The Bertz CT molecular complexity index is 1550. The molecule has 9 nitrogen and oxygen atoms in total. The number of benzene rings is 1. The highest BCUT2D eigenvalue weighted by Crippen LogP contribution is 2.32. The summed E-state index contributed by atoms with van der Waals surface area (Å²) >= 11 is 0. The van der Waals surface area contributed by atoms with Gasteiger partial charge in [-0.3, -0.25) is 4.98 Å². The molecule has 1 aliphatic heterocycles. The summed E-state index contributed by atoms with van der Waals surface area (Å²) in [5.74, 6) is -1.87. The van der Waals surface area contributed by atoms with Crippen molar-refractivity contribution in [1.82, 2.24) is 23.8 Å². The number of halogens is 2. The van der Waals surface area contributed by atoms with Crippen LogP contribution in [0.4, 0.5) is 14.5 Å². The highest BCUT2D eigenvalue weighted by molar-refractivity contribution is 7.90. The summed E-state index contributed by atoms with van der Waals surface area (Å²) in [6, 6.07) is 5.10. The zero-order chi connectivity index (χ0) is 24.7. The van der Waals surface area contributed by atoms with Gasteiger partial charge in [0, 0.05) is 67.5 Å². The Kier molecular flexibility index (Phi) is 5.66. The number of pyridine rings is 1. The molecule has 0 unspecified atom stereocenters. The van der Waals surface area contributed by atoms with E-state index >= 15 is 8.78 Å². The predicted octanol–water partition coefficient (Wildman–Crippen LogP) is 2.63. The van der Waals surface area contributed by atoms with Gasteiger partial charge in [0.2, 0.25) is 5.82 Å². The Morgan fingerprint density at radius 1 is 1.00 bits per heavy atom. The molecule has 1 aliphatic rings. The van der Waals surface area contributed by atoms with E-state index in [0.717, 1.165) is 16.1 Å². The van der Waals surface area contributed by atoms with Gasteiger partial charge >= 0.3 is 0 Å². The van der Waals surface area contributed by atoms with Gasteiger partial charge in [0.15, 0.2) is 11.6 Å². The van der Waals surface area contributed by atoms with Gasteiger partial charge in [0.05, 0.1) is 16.6 Å². The van der Waals surface area contributed by atoms with Crippen LogP contribution in [-0.4, -0.2) is 65.5 Å². The van der Waals surface area contributed by atoms with E-state index in [1.807, 2.05) is 13.1 Å². The topological polar surface area (TPSA) is 108 Å². The summed E-state index contributed by atoms with van der Waals surface area (Å²) in [4.78, 5) is 15.1. The second-order valence-electron chi connectivity index (χ2n) is 8.17. The van der Waals surface area contributed by atoms with Gasteiger partial charge in [0.25, 0.3) is 10.0 Å². The third-order valence-corrected chi connectivity index (χ3v) is 7.68. The standard InChI is InChI=1S/C23H19F2N7O2S/c1-30-4-6-31(7-5-30)23-19(24)8-16(9-20(23)25)35(33,34)32-3-2-17-18(13-27-14-21(17)32)15-11-28-22(10-26)29-12-15/h2-3,8-9,11-14H,4-7H2,1H3. The molecule has 178 valence electrons. The first-order valence-corrected chi connectivity index (χ1v) is 12.1. The lowest BCUT2D eigenvalue weighted by atomic mass is 10.1. The highest BCUT2D eigenvalue weighted by atomic mass is 32.2. The molecular weight excluding hydrogens is 476 g/mol. The van der Waals surface area contributed by atoms with Crippen molar-refractivity contribution < 1.29 is 17.2 Å². The molecule has 3 aromatic heterocycles. The molecule has 4 aromatic rings. The zero-order valence-corrected chi connectivity index (χ0v) is 19.4. The van der Waals surface area contributed by atoms with Gasteiger partial charge in [-0.15, -0.1) is 0 Å². The molecule has 0 amide bonds. The van der Waals surface area contributed by atoms with Gasteiger partial charge < -0.3 is 9.80 Å². The van der Waals surface area contributed by atoms with Crippen LogP contribution in [0.5, 0.6) is 0 Å². The maximum absolute atomic E-state index is 15.0. The predicted molar refractivity (Wildman–Crippen MR) is 124 cm³/mol. The van der Waals surface area contributed by atoms with E-state index in [9.17, 15) is 8.42 Å². The minimum absolute atomic E-state index is 0.00175. The van der Waals surface area contributed by atoms with E-state index in [-0.39, 0.29) is 17.0 Å². The quantitative estimate of drug-likeness (QED) is 0.425. The van der Waals surface area contributed by atoms with Crippen LogP contribution >= 0.6 is 0 Å². The fraction of sp³-hybridized carbons (Fsp3) is 0.217. The molecule has 0 spiro atoms. The van der Waals surface area contributed by atoms with Gasteiger partial charge in [-0.1, -0.05) is 0 Å². The molecular formula is C23H19F2N7O2S. The minimum Gasteiger partial charge on any atom is -0.364 e. The van der Waals surface area contributed by atoms with Gasteiger partial charge in [-0.2, -0.15) is 5.26 Å². The number of anilines is 1. The molecule has 4 heterocycles. The summed E-state index contributed by atoms with van der Waals surface area (Å²) in [6.45, 7) is 2.17. The lowest BCUT2D eigenvalue weighted by molar-refractivity contribution is 0.310. The molecule has 12 heteroatoms. The smallest absolute Gasteiger partial charge is 0.268 e. The number of nitrogens with zero attached hydrogens (tertiary/aromatic N) is 7. The summed E-state index contributed by atoms with van der Waals surface area (Å²) < 4.78 is 57.7. The summed E-state index contributed by atoms with van der Waals surface area (Å²) in [7, 11) is -2.41. The van der Waals surface area contributed by atoms with E-state index in [2.05, 4.69) is 19.9 Å². The first-order valence-electron chi connectivity index (χ1n) is 10.7. The molecule has 1 saturated heterocycles. The van der Waals surface area contributed by atoms with Crippen molar-refractivity contribution in [2.24, 2.45) is 0 Å². The number of nitriles is 1. The lowest BCUT2D eigenvalue weighted by Crippen LogP contribution is -2.45. The maximum Gasteiger partial charge on any atom is 0.268 e. The second-order valence-corrected chi connectivity index (χ2v) is 9.98. The molecule has 0 bridgehead atoms.